The molecule has 4 rings (SSSR count). The van der Waals surface area contributed by atoms with Crippen molar-refractivity contribution in [3.8, 4) is 5.75 Å². The predicted octanol–water partition coefficient (Wildman–Crippen LogP) is 5.61. The maximum atomic E-state index is 5.49. The molecule has 0 aliphatic rings. The van der Waals surface area contributed by atoms with E-state index in [1.54, 1.807) is 7.11 Å². The summed E-state index contributed by atoms with van der Waals surface area (Å²) in [4.78, 5) is 0. The second-order valence-corrected chi connectivity index (χ2v) is 6.45. The normalized spacial score (nSPS) is 11.2. The number of rotatable bonds is 3. The Hall–Kier alpha value is -2.26. The van der Waals surface area contributed by atoms with Gasteiger partial charge in [0.15, 0.2) is 0 Å². The van der Waals surface area contributed by atoms with Crippen LogP contribution >= 0.6 is 15.9 Å². The quantitative estimate of drug-likeness (QED) is 0.459. The summed E-state index contributed by atoms with van der Waals surface area (Å²) in [6.45, 7) is 0.843. The van der Waals surface area contributed by atoms with Crippen LogP contribution in [-0.4, -0.2) is 11.7 Å². The van der Waals surface area contributed by atoms with Crippen LogP contribution in [0.3, 0.4) is 0 Å². The molecule has 0 spiro atoms. The van der Waals surface area contributed by atoms with Gasteiger partial charge in [0.25, 0.3) is 0 Å². The van der Waals surface area contributed by atoms with Crippen molar-refractivity contribution in [2.24, 2.45) is 0 Å². The lowest BCUT2D eigenvalue weighted by molar-refractivity contribution is 0.412. The van der Waals surface area contributed by atoms with Gasteiger partial charge >= 0.3 is 0 Å². The largest absolute Gasteiger partial charge is 0.495 e. The number of benzene rings is 3. The van der Waals surface area contributed by atoms with E-state index < -0.39 is 0 Å². The van der Waals surface area contributed by atoms with Crippen LogP contribution in [0, 0.1) is 0 Å². The lowest BCUT2D eigenvalue weighted by Gasteiger charge is -2.09. The molecule has 0 N–H and O–H groups in total. The molecule has 0 aliphatic carbocycles. The zero-order valence-corrected chi connectivity index (χ0v) is 14.4. The maximum absolute atomic E-state index is 5.49. The predicted molar refractivity (Wildman–Crippen MR) is 99.2 cm³/mol. The Morgan fingerprint density at radius 1 is 0.870 bits per heavy atom. The van der Waals surface area contributed by atoms with Gasteiger partial charge < -0.3 is 9.30 Å². The van der Waals surface area contributed by atoms with Gasteiger partial charge in [-0.3, -0.25) is 0 Å². The summed E-state index contributed by atoms with van der Waals surface area (Å²) in [5.74, 6) is 0.856. The van der Waals surface area contributed by atoms with Crippen LogP contribution in [0.1, 0.15) is 5.56 Å². The molecule has 4 aromatic rings. The van der Waals surface area contributed by atoms with Crippen molar-refractivity contribution in [3.63, 3.8) is 0 Å². The fraction of sp³-hybridized carbons (Fsp3) is 0.100. The van der Waals surface area contributed by atoms with Crippen molar-refractivity contribution < 1.29 is 4.74 Å². The van der Waals surface area contributed by atoms with Crippen LogP contribution in [-0.2, 0) is 6.54 Å². The third kappa shape index (κ3) is 2.41. The molecule has 1 aromatic heterocycles. The summed E-state index contributed by atoms with van der Waals surface area (Å²) in [6, 6.07) is 23.3. The fourth-order valence-electron chi connectivity index (χ4n) is 3.14. The molecule has 0 saturated heterocycles. The van der Waals surface area contributed by atoms with E-state index in [0.29, 0.717) is 0 Å². The standard InChI is InChI=1S/C20H16BrNO/c1-23-20-12-19-16(11-17(20)21)15-9-5-6-10-18(15)22(19)13-14-7-3-2-4-8-14/h2-12H,13H2,1H3. The number of aromatic nitrogens is 1. The minimum absolute atomic E-state index is 0.843. The smallest absolute Gasteiger partial charge is 0.135 e. The summed E-state index contributed by atoms with van der Waals surface area (Å²) >= 11 is 3.61. The Balaban J connectivity index is 2.03. The molecule has 0 radical (unpaired) electrons. The van der Waals surface area contributed by atoms with E-state index in [1.807, 2.05) is 0 Å². The van der Waals surface area contributed by atoms with Crippen molar-refractivity contribution in [1.82, 2.24) is 4.57 Å². The Morgan fingerprint density at radius 3 is 2.39 bits per heavy atom. The van der Waals surface area contributed by atoms with E-state index >= 15 is 0 Å². The van der Waals surface area contributed by atoms with E-state index in [9.17, 15) is 0 Å². The van der Waals surface area contributed by atoms with Crippen LogP contribution in [0.2, 0.25) is 0 Å². The van der Waals surface area contributed by atoms with Gasteiger partial charge in [0.2, 0.25) is 0 Å². The first-order valence-electron chi connectivity index (χ1n) is 7.56. The molecule has 0 unspecified atom stereocenters. The lowest BCUT2D eigenvalue weighted by Crippen LogP contribution is -1.99. The molecule has 0 fully saturated rings. The molecule has 0 bridgehead atoms. The van der Waals surface area contributed by atoms with Gasteiger partial charge in [0.05, 0.1) is 17.1 Å². The van der Waals surface area contributed by atoms with Gasteiger partial charge in [0, 0.05) is 28.9 Å². The SMILES string of the molecule is COc1cc2c(cc1Br)c1ccccc1n2Cc1ccccc1. The van der Waals surface area contributed by atoms with Crippen molar-refractivity contribution >= 4 is 37.7 Å². The highest BCUT2D eigenvalue weighted by molar-refractivity contribution is 9.10. The molecule has 114 valence electrons. The monoisotopic (exact) mass is 365 g/mol. The molecular weight excluding hydrogens is 350 g/mol. The van der Waals surface area contributed by atoms with E-state index in [2.05, 4.69) is 87.2 Å². The molecule has 3 aromatic carbocycles. The first-order chi connectivity index (χ1) is 11.3. The zero-order chi connectivity index (χ0) is 15.8. The summed E-state index contributed by atoms with van der Waals surface area (Å²) in [6.07, 6.45) is 0. The van der Waals surface area contributed by atoms with Crippen molar-refractivity contribution in [2.45, 2.75) is 6.54 Å². The van der Waals surface area contributed by atoms with Gasteiger partial charge in [-0.2, -0.15) is 0 Å². The van der Waals surface area contributed by atoms with Gasteiger partial charge in [0.1, 0.15) is 5.75 Å². The average molecular weight is 366 g/mol. The highest BCUT2D eigenvalue weighted by Crippen LogP contribution is 2.36. The molecule has 0 saturated carbocycles. The van der Waals surface area contributed by atoms with E-state index in [1.165, 1.54) is 27.4 Å². The number of nitrogens with zero attached hydrogens (tertiary/aromatic N) is 1. The number of halogens is 1. The number of methoxy groups -OCH3 is 1. The van der Waals surface area contributed by atoms with E-state index in [-0.39, 0.29) is 0 Å². The van der Waals surface area contributed by atoms with Crippen molar-refractivity contribution in [2.75, 3.05) is 7.11 Å². The van der Waals surface area contributed by atoms with Crippen LogP contribution < -0.4 is 4.74 Å². The van der Waals surface area contributed by atoms with Gasteiger partial charge in [-0.05, 0) is 33.6 Å². The van der Waals surface area contributed by atoms with Crippen molar-refractivity contribution in [1.29, 1.82) is 0 Å². The van der Waals surface area contributed by atoms with Gasteiger partial charge in [-0.25, -0.2) is 0 Å². The maximum Gasteiger partial charge on any atom is 0.135 e. The zero-order valence-electron chi connectivity index (χ0n) is 12.8. The average Bonchev–Trinajstić information content (AvgIpc) is 2.88. The molecule has 2 nitrogen and oxygen atoms in total. The minimum atomic E-state index is 0.843. The number of ether oxygens (including phenoxy) is 1. The third-order valence-electron chi connectivity index (χ3n) is 4.23. The molecule has 3 heteroatoms. The molecule has 0 aliphatic heterocycles. The summed E-state index contributed by atoms with van der Waals surface area (Å²) in [5, 5.41) is 2.51. The Kier molecular flexibility index (Phi) is 3.58. The summed E-state index contributed by atoms with van der Waals surface area (Å²) in [7, 11) is 1.70. The van der Waals surface area contributed by atoms with E-state index in [4.69, 9.17) is 4.74 Å². The number of fused-ring (bicyclic) bond motifs is 3. The Morgan fingerprint density at radius 2 is 1.61 bits per heavy atom. The first kappa shape index (κ1) is 14.3. The van der Waals surface area contributed by atoms with Gasteiger partial charge in [-0.1, -0.05) is 48.5 Å². The summed E-state index contributed by atoms with van der Waals surface area (Å²) in [5.41, 5.74) is 3.72. The van der Waals surface area contributed by atoms with Crippen molar-refractivity contribution in [3.05, 3.63) is 76.8 Å². The second kappa shape index (κ2) is 5.74. The van der Waals surface area contributed by atoms with Crippen LogP contribution in [0.5, 0.6) is 5.75 Å². The van der Waals surface area contributed by atoms with Gasteiger partial charge in [-0.15, -0.1) is 0 Å². The number of hydrogen-bond donors (Lipinski definition) is 0. The summed E-state index contributed by atoms with van der Waals surface area (Å²) < 4.78 is 8.83. The third-order valence-corrected chi connectivity index (χ3v) is 4.85. The lowest BCUT2D eigenvalue weighted by atomic mass is 10.1. The Bertz CT molecular complexity index is 989. The molecular formula is C20H16BrNO. The van der Waals surface area contributed by atoms with Crippen LogP contribution in [0.25, 0.3) is 21.8 Å². The molecule has 1 heterocycles. The van der Waals surface area contributed by atoms with Crippen LogP contribution in [0.15, 0.2) is 71.2 Å². The molecule has 0 amide bonds. The highest BCUT2D eigenvalue weighted by Gasteiger charge is 2.13. The first-order valence-corrected chi connectivity index (χ1v) is 8.35. The number of hydrogen-bond acceptors (Lipinski definition) is 1. The second-order valence-electron chi connectivity index (χ2n) is 5.59. The minimum Gasteiger partial charge on any atom is -0.495 e. The van der Waals surface area contributed by atoms with Crippen LogP contribution in [0.4, 0.5) is 0 Å². The highest BCUT2D eigenvalue weighted by atomic mass is 79.9. The topological polar surface area (TPSA) is 14.2 Å². The fourth-order valence-corrected chi connectivity index (χ4v) is 3.65. The van der Waals surface area contributed by atoms with E-state index in [0.717, 1.165) is 16.8 Å². The number of para-hydroxylation sites is 1. The molecule has 23 heavy (non-hydrogen) atoms. The molecule has 0 atom stereocenters. The Labute approximate surface area is 143 Å².